The number of carbonyl (C=O) groups is 1. The van der Waals surface area contributed by atoms with Crippen LogP contribution in [0.15, 0.2) is 36.7 Å². The number of rotatable bonds is 3. The first-order valence-corrected chi connectivity index (χ1v) is 4.76. The first-order chi connectivity index (χ1) is 7.31. The third kappa shape index (κ3) is 1.96. The summed E-state index contributed by atoms with van der Waals surface area (Å²) < 4.78 is 5.48. The molecular formula is C12H11NO2. The van der Waals surface area contributed by atoms with E-state index in [4.69, 9.17) is 4.74 Å². The largest absolute Gasteiger partial charge is 0.483 e. The van der Waals surface area contributed by atoms with Crippen molar-refractivity contribution in [2.75, 3.05) is 0 Å². The minimum Gasteiger partial charge on any atom is -0.483 e. The number of aldehydes is 1. The lowest BCUT2D eigenvalue weighted by Gasteiger charge is -2.10. The molecule has 1 atom stereocenters. The number of fused-ring (bicyclic) bond motifs is 1. The normalized spacial score (nSPS) is 12.3. The highest BCUT2D eigenvalue weighted by Gasteiger charge is 2.05. The zero-order valence-corrected chi connectivity index (χ0v) is 8.38. The molecule has 0 saturated carbocycles. The van der Waals surface area contributed by atoms with Gasteiger partial charge in [-0.2, -0.15) is 0 Å². The second-order valence-electron chi connectivity index (χ2n) is 3.31. The first kappa shape index (κ1) is 9.65. The molecule has 0 bridgehead atoms. The van der Waals surface area contributed by atoms with E-state index >= 15 is 0 Å². The number of nitrogens with zero attached hydrogens (tertiary/aromatic N) is 1. The molecule has 76 valence electrons. The van der Waals surface area contributed by atoms with E-state index < -0.39 is 6.10 Å². The minimum absolute atomic E-state index is 0.427. The Hall–Kier alpha value is -1.90. The van der Waals surface area contributed by atoms with E-state index in [0.29, 0.717) is 0 Å². The van der Waals surface area contributed by atoms with Crippen molar-refractivity contribution in [3.05, 3.63) is 36.7 Å². The minimum atomic E-state index is -0.427. The van der Waals surface area contributed by atoms with Gasteiger partial charge in [0.25, 0.3) is 0 Å². The molecule has 3 heteroatoms. The predicted octanol–water partition coefficient (Wildman–Crippen LogP) is 2.20. The molecule has 3 nitrogen and oxygen atoms in total. The van der Waals surface area contributed by atoms with E-state index in [-0.39, 0.29) is 0 Å². The van der Waals surface area contributed by atoms with Crippen molar-refractivity contribution in [1.29, 1.82) is 0 Å². The molecule has 1 aromatic carbocycles. The molecule has 2 rings (SSSR count). The van der Waals surface area contributed by atoms with Crippen molar-refractivity contribution in [2.24, 2.45) is 0 Å². The monoisotopic (exact) mass is 201 g/mol. The lowest BCUT2D eigenvalue weighted by atomic mass is 10.1. The third-order valence-corrected chi connectivity index (χ3v) is 2.15. The molecule has 0 spiro atoms. The molecule has 0 fully saturated rings. The Labute approximate surface area is 87.7 Å². The summed E-state index contributed by atoms with van der Waals surface area (Å²) in [6.07, 6.45) is 3.83. The zero-order valence-electron chi connectivity index (χ0n) is 8.38. The Kier molecular flexibility index (Phi) is 2.63. The SMILES string of the molecule is CC(C=O)Oc1cccc2cnccc12. The van der Waals surface area contributed by atoms with Crippen molar-refractivity contribution in [2.45, 2.75) is 13.0 Å². The van der Waals surface area contributed by atoms with Gasteiger partial charge in [0.15, 0.2) is 12.4 Å². The number of aromatic nitrogens is 1. The molecule has 0 radical (unpaired) electrons. The van der Waals surface area contributed by atoms with Crippen molar-refractivity contribution in [3.63, 3.8) is 0 Å². The van der Waals surface area contributed by atoms with Gasteiger partial charge in [0.2, 0.25) is 0 Å². The van der Waals surface area contributed by atoms with Gasteiger partial charge in [-0.05, 0) is 19.1 Å². The molecule has 0 aliphatic carbocycles. The molecule has 0 N–H and O–H groups in total. The molecule has 2 aromatic rings. The van der Waals surface area contributed by atoms with Crippen LogP contribution in [0, 0.1) is 0 Å². The van der Waals surface area contributed by atoms with E-state index in [2.05, 4.69) is 4.98 Å². The highest BCUT2D eigenvalue weighted by atomic mass is 16.5. The van der Waals surface area contributed by atoms with Gasteiger partial charge in [0.1, 0.15) is 5.75 Å². The van der Waals surface area contributed by atoms with Gasteiger partial charge >= 0.3 is 0 Å². The number of benzene rings is 1. The second kappa shape index (κ2) is 4.09. The molecule has 1 aromatic heterocycles. The van der Waals surface area contributed by atoms with Crippen LogP contribution < -0.4 is 4.74 Å². The second-order valence-corrected chi connectivity index (χ2v) is 3.31. The first-order valence-electron chi connectivity index (χ1n) is 4.76. The summed E-state index contributed by atoms with van der Waals surface area (Å²) in [5.74, 6) is 0.717. The Morgan fingerprint density at radius 3 is 3.07 bits per heavy atom. The standard InChI is InChI=1S/C12H11NO2/c1-9(8-14)15-12-4-2-3-10-7-13-6-5-11(10)12/h2-9H,1H3. The fourth-order valence-electron chi connectivity index (χ4n) is 1.42. The smallest absolute Gasteiger partial charge is 0.160 e. The van der Waals surface area contributed by atoms with E-state index in [9.17, 15) is 4.79 Å². The van der Waals surface area contributed by atoms with Gasteiger partial charge in [-0.25, -0.2) is 0 Å². The molecule has 1 heterocycles. The quantitative estimate of drug-likeness (QED) is 0.714. The average molecular weight is 201 g/mol. The number of hydrogen-bond donors (Lipinski definition) is 0. The van der Waals surface area contributed by atoms with Crippen molar-refractivity contribution in [1.82, 2.24) is 4.98 Å². The summed E-state index contributed by atoms with van der Waals surface area (Å²) in [6, 6.07) is 7.57. The average Bonchev–Trinajstić information content (AvgIpc) is 2.29. The number of ether oxygens (including phenoxy) is 1. The molecule has 0 amide bonds. The van der Waals surface area contributed by atoms with Crippen LogP contribution in [0.2, 0.25) is 0 Å². The van der Waals surface area contributed by atoms with Crippen LogP contribution in [0.3, 0.4) is 0 Å². The van der Waals surface area contributed by atoms with E-state index in [1.54, 1.807) is 19.3 Å². The van der Waals surface area contributed by atoms with Crippen LogP contribution in [-0.4, -0.2) is 17.4 Å². The van der Waals surface area contributed by atoms with Gasteiger partial charge in [-0.15, -0.1) is 0 Å². The molecule has 0 aliphatic heterocycles. The molecule has 1 unspecified atom stereocenters. The van der Waals surface area contributed by atoms with Gasteiger partial charge in [0, 0.05) is 23.2 Å². The van der Waals surface area contributed by atoms with Crippen LogP contribution in [0.1, 0.15) is 6.92 Å². The summed E-state index contributed by atoms with van der Waals surface area (Å²) >= 11 is 0. The lowest BCUT2D eigenvalue weighted by Crippen LogP contribution is -2.12. The highest BCUT2D eigenvalue weighted by Crippen LogP contribution is 2.24. The fraction of sp³-hybridized carbons (Fsp3) is 0.167. The van der Waals surface area contributed by atoms with Crippen LogP contribution in [0.5, 0.6) is 5.75 Å². The summed E-state index contributed by atoms with van der Waals surface area (Å²) in [5, 5.41) is 1.98. The summed E-state index contributed by atoms with van der Waals surface area (Å²) in [7, 11) is 0. The van der Waals surface area contributed by atoms with Gasteiger partial charge in [0.05, 0.1) is 0 Å². The molecule has 0 saturated heterocycles. The number of carbonyl (C=O) groups excluding carboxylic acids is 1. The summed E-state index contributed by atoms with van der Waals surface area (Å²) in [6.45, 7) is 1.72. The Morgan fingerprint density at radius 1 is 1.40 bits per heavy atom. The summed E-state index contributed by atoms with van der Waals surface area (Å²) in [5.41, 5.74) is 0. The number of hydrogen-bond acceptors (Lipinski definition) is 3. The topological polar surface area (TPSA) is 39.2 Å². The van der Waals surface area contributed by atoms with E-state index in [0.717, 1.165) is 22.8 Å². The van der Waals surface area contributed by atoms with E-state index in [1.165, 1.54) is 0 Å². The van der Waals surface area contributed by atoms with Gasteiger partial charge in [-0.3, -0.25) is 9.78 Å². The highest BCUT2D eigenvalue weighted by molar-refractivity contribution is 5.87. The maximum atomic E-state index is 10.5. The predicted molar refractivity (Wildman–Crippen MR) is 57.9 cm³/mol. The maximum absolute atomic E-state index is 10.5. The van der Waals surface area contributed by atoms with Gasteiger partial charge in [-0.1, -0.05) is 12.1 Å². The van der Waals surface area contributed by atoms with Crippen LogP contribution in [-0.2, 0) is 4.79 Å². The molecular weight excluding hydrogens is 190 g/mol. The fourth-order valence-corrected chi connectivity index (χ4v) is 1.42. The number of pyridine rings is 1. The summed E-state index contributed by atoms with van der Waals surface area (Å²) in [4.78, 5) is 14.5. The van der Waals surface area contributed by atoms with Crippen LogP contribution in [0.4, 0.5) is 0 Å². The maximum Gasteiger partial charge on any atom is 0.160 e. The van der Waals surface area contributed by atoms with Gasteiger partial charge < -0.3 is 4.74 Å². The lowest BCUT2D eigenvalue weighted by molar-refractivity contribution is -0.113. The third-order valence-electron chi connectivity index (χ3n) is 2.15. The molecule has 0 aliphatic rings. The van der Waals surface area contributed by atoms with Crippen LogP contribution >= 0.6 is 0 Å². The van der Waals surface area contributed by atoms with E-state index in [1.807, 2.05) is 24.3 Å². The Morgan fingerprint density at radius 2 is 2.27 bits per heavy atom. The Bertz CT molecular complexity index is 477. The Balaban J connectivity index is 2.46. The van der Waals surface area contributed by atoms with Crippen molar-refractivity contribution >= 4 is 17.1 Å². The van der Waals surface area contributed by atoms with Crippen LogP contribution in [0.25, 0.3) is 10.8 Å². The van der Waals surface area contributed by atoms with Crippen molar-refractivity contribution < 1.29 is 9.53 Å². The zero-order chi connectivity index (χ0) is 10.7. The molecule has 15 heavy (non-hydrogen) atoms. The van der Waals surface area contributed by atoms with Crippen molar-refractivity contribution in [3.8, 4) is 5.75 Å².